The van der Waals surface area contributed by atoms with Gasteiger partial charge in [0.15, 0.2) is 0 Å². The summed E-state index contributed by atoms with van der Waals surface area (Å²) < 4.78 is 1.05. The van der Waals surface area contributed by atoms with Gasteiger partial charge in [0, 0.05) is 41.6 Å². The molecule has 0 atom stereocenters. The van der Waals surface area contributed by atoms with E-state index in [0.717, 1.165) is 28.4 Å². The molecule has 0 saturated carbocycles. The zero-order valence-corrected chi connectivity index (χ0v) is 15.3. The fourth-order valence-electron chi connectivity index (χ4n) is 2.91. The maximum absolute atomic E-state index is 12.3. The number of nitrogens with zero attached hydrogens (tertiary/aromatic N) is 1. The Hall–Kier alpha value is -2.07. The number of carbonyl (C=O) groups is 1. The summed E-state index contributed by atoms with van der Waals surface area (Å²) >= 11 is 3.43. The van der Waals surface area contributed by atoms with Crippen LogP contribution in [0, 0.1) is 0 Å². The predicted octanol–water partition coefficient (Wildman–Crippen LogP) is 4.91. The van der Waals surface area contributed by atoms with E-state index in [4.69, 9.17) is 0 Å². The van der Waals surface area contributed by atoms with Crippen molar-refractivity contribution in [2.75, 3.05) is 7.05 Å². The van der Waals surface area contributed by atoms with Gasteiger partial charge in [-0.1, -0.05) is 46.3 Å². The summed E-state index contributed by atoms with van der Waals surface area (Å²) in [6.07, 6.45) is 4.42. The Morgan fingerprint density at radius 3 is 2.67 bits per heavy atom. The van der Waals surface area contributed by atoms with Gasteiger partial charge < -0.3 is 9.88 Å². The van der Waals surface area contributed by atoms with Crippen LogP contribution in [0.5, 0.6) is 0 Å². The van der Waals surface area contributed by atoms with Crippen molar-refractivity contribution in [3.05, 3.63) is 70.3 Å². The van der Waals surface area contributed by atoms with Gasteiger partial charge in [-0.15, -0.1) is 0 Å². The lowest BCUT2D eigenvalue weighted by Crippen LogP contribution is -2.25. The lowest BCUT2D eigenvalue weighted by Gasteiger charge is -2.17. The van der Waals surface area contributed by atoms with Crippen LogP contribution in [0.1, 0.15) is 24.0 Å². The summed E-state index contributed by atoms with van der Waals surface area (Å²) in [6, 6.07) is 16.4. The number of amides is 1. The maximum Gasteiger partial charge on any atom is 0.222 e. The number of fused-ring (bicyclic) bond motifs is 1. The third-order valence-corrected chi connectivity index (χ3v) is 4.80. The Bertz CT molecular complexity index is 823. The number of aromatic nitrogens is 1. The van der Waals surface area contributed by atoms with Crippen molar-refractivity contribution in [2.45, 2.75) is 25.8 Å². The number of para-hydroxylation sites is 1. The molecule has 0 bridgehead atoms. The van der Waals surface area contributed by atoms with Crippen LogP contribution in [0.15, 0.2) is 59.2 Å². The Balaban J connectivity index is 1.50. The number of benzene rings is 2. The molecular formula is C20H21BrN2O. The van der Waals surface area contributed by atoms with E-state index < -0.39 is 0 Å². The number of halogens is 1. The van der Waals surface area contributed by atoms with E-state index in [1.165, 1.54) is 10.9 Å². The summed E-state index contributed by atoms with van der Waals surface area (Å²) in [5.41, 5.74) is 3.59. The quantitative estimate of drug-likeness (QED) is 0.643. The molecule has 0 unspecified atom stereocenters. The zero-order valence-electron chi connectivity index (χ0n) is 13.8. The molecule has 24 heavy (non-hydrogen) atoms. The highest BCUT2D eigenvalue weighted by molar-refractivity contribution is 9.10. The van der Waals surface area contributed by atoms with Crippen molar-refractivity contribution in [3.8, 4) is 0 Å². The lowest BCUT2D eigenvalue weighted by atomic mass is 10.1. The summed E-state index contributed by atoms with van der Waals surface area (Å²) in [6.45, 7) is 0.652. The van der Waals surface area contributed by atoms with Crippen molar-refractivity contribution in [2.24, 2.45) is 0 Å². The van der Waals surface area contributed by atoms with Gasteiger partial charge in [0.2, 0.25) is 5.91 Å². The fraction of sp³-hybridized carbons (Fsp3) is 0.250. The van der Waals surface area contributed by atoms with E-state index in [1.54, 1.807) is 4.90 Å². The fourth-order valence-corrected chi connectivity index (χ4v) is 3.18. The molecular weight excluding hydrogens is 364 g/mol. The molecule has 3 nitrogen and oxygen atoms in total. The Morgan fingerprint density at radius 2 is 1.88 bits per heavy atom. The minimum Gasteiger partial charge on any atom is -0.361 e. The summed E-state index contributed by atoms with van der Waals surface area (Å²) in [5.74, 6) is 0.192. The van der Waals surface area contributed by atoms with Gasteiger partial charge in [-0.25, -0.2) is 0 Å². The standard InChI is InChI=1S/C20H21BrN2O/c1-23(14-15-9-11-17(21)12-10-15)20(24)8-4-5-16-13-22-19-7-3-2-6-18(16)19/h2-3,6-7,9-13,22H,4-5,8,14H2,1H3. The number of H-pyrrole nitrogens is 1. The number of hydrogen-bond acceptors (Lipinski definition) is 1. The molecule has 0 aliphatic carbocycles. The number of nitrogens with one attached hydrogen (secondary N) is 1. The number of carbonyl (C=O) groups excluding carboxylic acids is 1. The van der Waals surface area contributed by atoms with Crippen LogP contribution in [-0.4, -0.2) is 22.8 Å². The van der Waals surface area contributed by atoms with Crippen molar-refractivity contribution in [1.82, 2.24) is 9.88 Å². The third-order valence-electron chi connectivity index (χ3n) is 4.27. The molecule has 3 aromatic rings. The predicted molar refractivity (Wildman–Crippen MR) is 102 cm³/mol. The lowest BCUT2D eigenvalue weighted by molar-refractivity contribution is -0.130. The summed E-state index contributed by atoms with van der Waals surface area (Å²) in [7, 11) is 1.87. The molecule has 2 aromatic carbocycles. The molecule has 1 N–H and O–H groups in total. The first-order valence-electron chi connectivity index (χ1n) is 8.17. The Labute approximate surface area is 150 Å². The first-order chi connectivity index (χ1) is 11.6. The monoisotopic (exact) mass is 384 g/mol. The van der Waals surface area contributed by atoms with Gasteiger partial charge in [0.25, 0.3) is 0 Å². The topological polar surface area (TPSA) is 36.1 Å². The van der Waals surface area contributed by atoms with Crippen LogP contribution in [0.4, 0.5) is 0 Å². The molecule has 3 rings (SSSR count). The van der Waals surface area contributed by atoms with Crippen LogP contribution in [-0.2, 0) is 17.8 Å². The van der Waals surface area contributed by atoms with Crippen molar-refractivity contribution < 1.29 is 4.79 Å². The minimum absolute atomic E-state index is 0.192. The molecule has 0 radical (unpaired) electrons. The molecule has 1 amide bonds. The van der Waals surface area contributed by atoms with E-state index in [-0.39, 0.29) is 5.91 Å². The van der Waals surface area contributed by atoms with E-state index in [1.807, 2.05) is 37.4 Å². The van der Waals surface area contributed by atoms with E-state index in [0.29, 0.717) is 13.0 Å². The molecule has 0 spiro atoms. The molecule has 4 heteroatoms. The van der Waals surface area contributed by atoms with Crippen LogP contribution in [0.25, 0.3) is 10.9 Å². The van der Waals surface area contributed by atoms with Crippen LogP contribution in [0.3, 0.4) is 0 Å². The number of aryl methyl sites for hydroxylation is 1. The smallest absolute Gasteiger partial charge is 0.222 e. The van der Waals surface area contributed by atoms with Gasteiger partial charge in [0.05, 0.1) is 0 Å². The average Bonchev–Trinajstić information content (AvgIpc) is 3.00. The van der Waals surface area contributed by atoms with Crippen LogP contribution < -0.4 is 0 Å². The Morgan fingerprint density at radius 1 is 1.12 bits per heavy atom. The van der Waals surface area contributed by atoms with E-state index in [9.17, 15) is 4.79 Å². The van der Waals surface area contributed by atoms with Crippen molar-refractivity contribution >= 4 is 32.7 Å². The van der Waals surface area contributed by atoms with E-state index >= 15 is 0 Å². The van der Waals surface area contributed by atoms with Crippen LogP contribution in [0.2, 0.25) is 0 Å². The van der Waals surface area contributed by atoms with Gasteiger partial charge in [-0.2, -0.15) is 0 Å². The molecule has 1 heterocycles. The first-order valence-corrected chi connectivity index (χ1v) is 8.96. The maximum atomic E-state index is 12.3. The molecule has 0 saturated heterocycles. The number of aromatic amines is 1. The highest BCUT2D eigenvalue weighted by Gasteiger charge is 2.10. The highest BCUT2D eigenvalue weighted by atomic mass is 79.9. The molecule has 0 aliphatic heterocycles. The van der Waals surface area contributed by atoms with Crippen molar-refractivity contribution in [1.29, 1.82) is 0 Å². The normalized spacial score (nSPS) is 10.9. The largest absolute Gasteiger partial charge is 0.361 e. The SMILES string of the molecule is CN(Cc1ccc(Br)cc1)C(=O)CCCc1c[nH]c2ccccc12. The number of hydrogen-bond donors (Lipinski definition) is 1. The Kier molecular flexibility index (Phi) is 5.36. The third kappa shape index (κ3) is 4.06. The van der Waals surface area contributed by atoms with Crippen LogP contribution >= 0.6 is 15.9 Å². The number of rotatable bonds is 6. The summed E-state index contributed by atoms with van der Waals surface area (Å²) in [4.78, 5) is 17.4. The molecule has 1 aromatic heterocycles. The van der Waals surface area contributed by atoms with Gasteiger partial charge >= 0.3 is 0 Å². The van der Waals surface area contributed by atoms with Gasteiger partial charge in [-0.05, 0) is 42.2 Å². The molecule has 0 fully saturated rings. The van der Waals surface area contributed by atoms with Gasteiger partial charge in [-0.3, -0.25) is 4.79 Å². The zero-order chi connectivity index (χ0) is 16.9. The van der Waals surface area contributed by atoms with E-state index in [2.05, 4.69) is 45.3 Å². The van der Waals surface area contributed by atoms with Crippen molar-refractivity contribution in [3.63, 3.8) is 0 Å². The minimum atomic E-state index is 0.192. The second-order valence-corrected chi connectivity index (χ2v) is 7.00. The highest BCUT2D eigenvalue weighted by Crippen LogP contribution is 2.19. The second kappa shape index (κ2) is 7.67. The molecule has 0 aliphatic rings. The second-order valence-electron chi connectivity index (χ2n) is 6.09. The van der Waals surface area contributed by atoms with Gasteiger partial charge in [0.1, 0.15) is 0 Å². The first kappa shape index (κ1) is 16.8. The average molecular weight is 385 g/mol. The molecule has 124 valence electrons. The summed E-state index contributed by atoms with van der Waals surface area (Å²) in [5, 5.41) is 1.26.